The van der Waals surface area contributed by atoms with Crippen molar-refractivity contribution in [1.82, 2.24) is 20.2 Å². The van der Waals surface area contributed by atoms with E-state index in [9.17, 15) is 18.8 Å². The van der Waals surface area contributed by atoms with E-state index in [1.807, 2.05) is 24.3 Å². The quantitative estimate of drug-likeness (QED) is 0.340. The van der Waals surface area contributed by atoms with Gasteiger partial charge >= 0.3 is 6.01 Å². The van der Waals surface area contributed by atoms with Crippen LogP contribution in [0.2, 0.25) is 0 Å². The summed E-state index contributed by atoms with van der Waals surface area (Å²) in [5.41, 5.74) is 2.41. The molecule has 1 aromatic heterocycles. The molecule has 0 spiro atoms. The number of hydrogen-bond acceptors (Lipinski definition) is 9. The van der Waals surface area contributed by atoms with Gasteiger partial charge in [-0.05, 0) is 42.9 Å². The minimum atomic E-state index is -2.59. The van der Waals surface area contributed by atoms with Gasteiger partial charge in [-0.3, -0.25) is 4.79 Å². The summed E-state index contributed by atoms with van der Waals surface area (Å²) in [6, 6.07) is 12.9. The van der Waals surface area contributed by atoms with Crippen LogP contribution in [0, 0.1) is 16.7 Å². The van der Waals surface area contributed by atoms with Gasteiger partial charge in [-0.1, -0.05) is 30.8 Å². The second kappa shape index (κ2) is 13.0. The number of anilines is 2. The lowest BCUT2D eigenvalue weighted by atomic mass is 9.99. The van der Waals surface area contributed by atoms with E-state index in [0.717, 1.165) is 59.5 Å². The van der Waals surface area contributed by atoms with Gasteiger partial charge in [0.1, 0.15) is 5.82 Å². The first-order chi connectivity index (χ1) is 22.9. The Balaban J connectivity index is 1.22. The Morgan fingerprint density at radius 3 is 2.81 bits per heavy atom. The van der Waals surface area contributed by atoms with E-state index in [1.54, 1.807) is 17.0 Å². The number of amides is 1. The molecule has 1 amide bonds. The highest BCUT2D eigenvalue weighted by Crippen LogP contribution is 2.50. The number of alkyl halides is 2. The third-order valence-electron chi connectivity index (χ3n) is 10.0. The van der Waals surface area contributed by atoms with E-state index in [1.165, 1.54) is 6.08 Å². The van der Waals surface area contributed by atoms with Crippen molar-refractivity contribution in [2.24, 2.45) is 5.41 Å². The van der Waals surface area contributed by atoms with Gasteiger partial charge < -0.3 is 29.5 Å². The number of carbonyl (C=O) groups is 1. The van der Waals surface area contributed by atoms with Crippen molar-refractivity contribution in [3.05, 3.63) is 65.9 Å². The predicted molar refractivity (Wildman–Crippen MR) is 174 cm³/mol. The van der Waals surface area contributed by atoms with Crippen molar-refractivity contribution < 1.29 is 23.0 Å². The standard InChI is InChI=1S/C35H39F2N7O3/c1-2-31(45)44-15-14-43(20-25(44)7-11-38)33-27-8-13-42(29-18-24(32(36)37)17-23-5-3-4-6-26(23)29)21-28(27)40-34(41-33)47-22-35(9-10-35)30-19-39-12-16-46-30/h2-6,17-18,25,30,32,39H,1,7-10,12-16,19-22H2/t25-,30?/m0/s1. The molecule has 47 heavy (non-hydrogen) atoms. The van der Waals surface area contributed by atoms with Crippen LogP contribution in [0.1, 0.15) is 42.5 Å². The van der Waals surface area contributed by atoms with Crippen molar-refractivity contribution >= 4 is 28.2 Å². The summed E-state index contributed by atoms with van der Waals surface area (Å²) in [5, 5.41) is 14.7. The van der Waals surface area contributed by atoms with Crippen molar-refractivity contribution in [2.45, 2.75) is 50.8 Å². The summed E-state index contributed by atoms with van der Waals surface area (Å²) in [7, 11) is 0. The van der Waals surface area contributed by atoms with Gasteiger partial charge in [0, 0.05) is 66.9 Å². The lowest BCUT2D eigenvalue weighted by Gasteiger charge is -2.42. The number of piperazine rings is 1. The molecule has 1 unspecified atom stereocenters. The number of nitrogens with one attached hydrogen (secondary N) is 1. The molecule has 1 saturated carbocycles. The summed E-state index contributed by atoms with van der Waals surface area (Å²) in [5.74, 6) is 0.548. The zero-order valence-corrected chi connectivity index (χ0v) is 26.3. The van der Waals surface area contributed by atoms with E-state index >= 15 is 0 Å². The highest BCUT2D eigenvalue weighted by molar-refractivity contribution is 5.95. The number of benzene rings is 2. The molecule has 2 atom stereocenters. The van der Waals surface area contributed by atoms with Gasteiger partial charge in [0.25, 0.3) is 6.43 Å². The predicted octanol–water partition coefficient (Wildman–Crippen LogP) is 4.39. The van der Waals surface area contributed by atoms with E-state index in [0.29, 0.717) is 52.4 Å². The number of nitrogens with zero attached hydrogens (tertiary/aromatic N) is 6. The third kappa shape index (κ3) is 6.22. The molecule has 12 heteroatoms. The molecular weight excluding hydrogens is 604 g/mol. The number of hydrogen-bond donors (Lipinski definition) is 1. The van der Waals surface area contributed by atoms with Crippen LogP contribution in [0.25, 0.3) is 10.8 Å². The Hall–Kier alpha value is -4.34. The third-order valence-corrected chi connectivity index (χ3v) is 10.0. The molecule has 3 aliphatic heterocycles. The Morgan fingerprint density at radius 2 is 2.06 bits per heavy atom. The SMILES string of the molecule is C=CC(=O)N1CCN(c2nc(OCC3(C4CNCCO4)CC3)nc3c2CCN(c2cc(C(F)F)cc4ccccc24)C3)C[C@@H]1CC#N. The molecule has 2 saturated heterocycles. The van der Waals surface area contributed by atoms with Gasteiger partial charge in [-0.2, -0.15) is 15.2 Å². The Morgan fingerprint density at radius 1 is 1.21 bits per heavy atom. The van der Waals surface area contributed by atoms with Gasteiger partial charge in [0.2, 0.25) is 5.91 Å². The molecule has 1 aliphatic carbocycles. The monoisotopic (exact) mass is 643 g/mol. The molecule has 1 N–H and O–H groups in total. The van der Waals surface area contributed by atoms with E-state index in [-0.39, 0.29) is 41.5 Å². The lowest BCUT2D eigenvalue weighted by Crippen LogP contribution is -2.55. The summed E-state index contributed by atoms with van der Waals surface area (Å²) in [4.78, 5) is 28.4. The molecular formula is C35H39F2N7O3. The fourth-order valence-corrected chi connectivity index (χ4v) is 7.24. The molecule has 4 aliphatic rings. The zero-order valence-electron chi connectivity index (χ0n) is 26.3. The maximum absolute atomic E-state index is 14.0. The Kier molecular flexibility index (Phi) is 8.68. The summed E-state index contributed by atoms with van der Waals surface area (Å²) in [6.07, 6.45) is 1.57. The number of carbonyl (C=O) groups excluding carboxylic acids is 1. The van der Waals surface area contributed by atoms with Gasteiger partial charge in [0.05, 0.1) is 50.1 Å². The summed E-state index contributed by atoms with van der Waals surface area (Å²) >= 11 is 0. The van der Waals surface area contributed by atoms with E-state index in [2.05, 4.69) is 27.8 Å². The molecule has 10 nitrogen and oxygen atoms in total. The van der Waals surface area contributed by atoms with Crippen LogP contribution in [0.5, 0.6) is 6.01 Å². The second-order valence-corrected chi connectivity index (χ2v) is 12.9. The highest BCUT2D eigenvalue weighted by Gasteiger charge is 2.51. The first-order valence-corrected chi connectivity index (χ1v) is 16.3. The number of rotatable bonds is 9. The second-order valence-electron chi connectivity index (χ2n) is 12.9. The van der Waals surface area contributed by atoms with Crippen LogP contribution >= 0.6 is 0 Å². The van der Waals surface area contributed by atoms with E-state index < -0.39 is 6.43 Å². The number of morpholine rings is 1. The van der Waals surface area contributed by atoms with Crippen LogP contribution in [0.15, 0.2) is 49.1 Å². The maximum Gasteiger partial charge on any atom is 0.318 e. The topological polar surface area (TPSA) is 107 Å². The van der Waals surface area contributed by atoms with Gasteiger partial charge in [0.15, 0.2) is 0 Å². The largest absolute Gasteiger partial charge is 0.463 e. The number of nitriles is 1. The maximum atomic E-state index is 14.0. The lowest BCUT2D eigenvalue weighted by molar-refractivity contribution is -0.128. The van der Waals surface area contributed by atoms with Gasteiger partial charge in [-0.15, -0.1) is 0 Å². The smallest absolute Gasteiger partial charge is 0.318 e. The number of ether oxygens (including phenoxy) is 2. The van der Waals surface area contributed by atoms with Gasteiger partial charge in [-0.25, -0.2) is 8.78 Å². The number of fused-ring (bicyclic) bond motifs is 2. The minimum absolute atomic E-state index is 0.0125. The van der Waals surface area contributed by atoms with Crippen molar-refractivity contribution in [2.75, 3.05) is 62.3 Å². The molecule has 3 fully saturated rings. The van der Waals surface area contributed by atoms with Crippen LogP contribution < -0.4 is 19.9 Å². The fourth-order valence-electron chi connectivity index (χ4n) is 7.24. The molecule has 3 aromatic rings. The Bertz CT molecular complexity index is 1700. The molecule has 0 radical (unpaired) electrons. The summed E-state index contributed by atoms with van der Waals surface area (Å²) < 4.78 is 40.4. The number of halogens is 2. The molecule has 246 valence electrons. The molecule has 4 heterocycles. The van der Waals surface area contributed by atoms with Crippen LogP contribution in [0.3, 0.4) is 0 Å². The highest BCUT2D eigenvalue weighted by atomic mass is 19.3. The van der Waals surface area contributed by atoms with Crippen LogP contribution in [0.4, 0.5) is 20.3 Å². The fraction of sp³-hybridized carbons (Fsp3) is 0.486. The number of aromatic nitrogens is 2. The van der Waals surface area contributed by atoms with E-state index in [4.69, 9.17) is 19.4 Å². The average Bonchev–Trinajstić information content (AvgIpc) is 3.91. The zero-order chi connectivity index (χ0) is 32.5. The molecule has 7 rings (SSSR count). The molecule has 0 bridgehead atoms. The molecule has 2 aromatic carbocycles. The van der Waals surface area contributed by atoms with Crippen molar-refractivity contribution in [3.8, 4) is 12.1 Å². The first-order valence-electron chi connectivity index (χ1n) is 16.3. The average molecular weight is 644 g/mol. The van der Waals surface area contributed by atoms with Crippen molar-refractivity contribution in [3.63, 3.8) is 0 Å². The minimum Gasteiger partial charge on any atom is -0.463 e. The first kappa shape index (κ1) is 31.3. The normalized spacial score (nSPS) is 22.1. The Labute approximate surface area is 273 Å². The summed E-state index contributed by atoms with van der Waals surface area (Å²) in [6.45, 7) is 8.75. The van der Waals surface area contributed by atoms with Crippen LogP contribution in [-0.2, 0) is 22.5 Å². The van der Waals surface area contributed by atoms with Crippen LogP contribution in [-0.4, -0.2) is 85.4 Å². The van der Waals surface area contributed by atoms with Crippen molar-refractivity contribution in [1.29, 1.82) is 5.26 Å².